The minimum Gasteiger partial charge on any atom is -0.481 e. The van der Waals surface area contributed by atoms with Crippen molar-refractivity contribution in [1.82, 2.24) is 10.6 Å². The second-order valence-electron chi connectivity index (χ2n) is 8.11. The fourth-order valence-corrected chi connectivity index (χ4v) is 4.56. The van der Waals surface area contributed by atoms with E-state index in [0.717, 1.165) is 11.1 Å². The van der Waals surface area contributed by atoms with E-state index in [1.54, 1.807) is 0 Å². The van der Waals surface area contributed by atoms with Crippen LogP contribution in [0.25, 0.3) is 11.1 Å². The normalized spacial score (nSPS) is 19.4. The van der Waals surface area contributed by atoms with Crippen molar-refractivity contribution in [2.45, 2.75) is 37.6 Å². The Kier molecular flexibility index (Phi) is 6.21. The summed E-state index contributed by atoms with van der Waals surface area (Å²) in [6, 6.07) is 16.1. The number of alkyl carbamates (subject to hydrolysis) is 1. The summed E-state index contributed by atoms with van der Waals surface area (Å²) >= 11 is 0. The van der Waals surface area contributed by atoms with Gasteiger partial charge in [0.1, 0.15) is 6.61 Å². The third kappa shape index (κ3) is 4.71. The van der Waals surface area contributed by atoms with Crippen molar-refractivity contribution in [3.8, 4) is 11.1 Å². The maximum absolute atomic E-state index is 12.1. The summed E-state index contributed by atoms with van der Waals surface area (Å²) < 4.78 is 5.45. The molecule has 4 rings (SSSR count). The molecule has 0 unspecified atom stereocenters. The van der Waals surface area contributed by atoms with E-state index in [-0.39, 0.29) is 43.4 Å². The minimum absolute atomic E-state index is 0.00834. The van der Waals surface area contributed by atoms with E-state index in [2.05, 4.69) is 34.9 Å². The fourth-order valence-electron chi connectivity index (χ4n) is 4.56. The second kappa shape index (κ2) is 9.20. The average molecular weight is 422 g/mol. The molecule has 1 fully saturated rings. The number of carbonyl (C=O) groups excluding carboxylic acids is 2. The van der Waals surface area contributed by atoms with Gasteiger partial charge in [-0.1, -0.05) is 48.5 Å². The highest BCUT2D eigenvalue weighted by atomic mass is 16.5. The SMILES string of the molecule is O=C(CCNC(=O)OCC1c2ccccc2-c2ccccc21)N[C@@H]1CC[C@H](C(=O)O)C1. The van der Waals surface area contributed by atoms with E-state index in [9.17, 15) is 14.4 Å². The molecule has 0 aromatic heterocycles. The van der Waals surface area contributed by atoms with Crippen LogP contribution in [0.5, 0.6) is 0 Å². The van der Waals surface area contributed by atoms with E-state index in [1.807, 2.05) is 24.3 Å². The Morgan fingerprint density at radius 2 is 1.61 bits per heavy atom. The highest BCUT2D eigenvalue weighted by molar-refractivity contribution is 5.79. The van der Waals surface area contributed by atoms with Crippen LogP contribution in [0.2, 0.25) is 0 Å². The van der Waals surface area contributed by atoms with E-state index < -0.39 is 12.1 Å². The number of nitrogens with one attached hydrogen (secondary N) is 2. The lowest BCUT2D eigenvalue weighted by molar-refractivity contribution is -0.141. The molecule has 2 amide bonds. The molecule has 0 spiro atoms. The molecular weight excluding hydrogens is 396 g/mol. The average Bonchev–Trinajstić information content (AvgIpc) is 3.35. The van der Waals surface area contributed by atoms with Crippen molar-refractivity contribution in [2.24, 2.45) is 5.92 Å². The number of fused-ring (bicyclic) bond motifs is 3. The van der Waals surface area contributed by atoms with Gasteiger partial charge in [0.25, 0.3) is 0 Å². The van der Waals surface area contributed by atoms with Crippen LogP contribution in [0.1, 0.15) is 42.7 Å². The molecule has 0 bridgehead atoms. The van der Waals surface area contributed by atoms with Crippen LogP contribution in [0, 0.1) is 5.92 Å². The molecule has 2 aromatic carbocycles. The fraction of sp³-hybridized carbons (Fsp3) is 0.375. The molecule has 0 radical (unpaired) electrons. The standard InChI is InChI=1S/C24H26N2O5/c27-22(26-16-10-9-15(13-16)23(28)29)11-12-25-24(30)31-14-21-19-7-3-1-5-17(19)18-6-2-4-8-20(18)21/h1-8,15-16,21H,9-14H2,(H,25,30)(H,26,27)(H,28,29)/t15-,16+/m0/s1. The highest BCUT2D eigenvalue weighted by Crippen LogP contribution is 2.44. The Bertz CT molecular complexity index is 944. The number of amides is 2. The van der Waals surface area contributed by atoms with Crippen molar-refractivity contribution < 1.29 is 24.2 Å². The first-order chi connectivity index (χ1) is 15.0. The van der Waals surface area contributed by atoms with E-state index in [4.69, 9.17) is 9.84 Å². The third-order valence-corrected chi connectivity index (χ3v) is 6.11. The number of hydrogen-bond acceptors (Lipinski definition) is 4. The molecule has 2 aromatic rings. The smallest absolute Gasteiger partial charge is 0.407 e. The first-order valence-electron chi connectivity index (χ1n) is 10.6. The van der Waals surface area contributed by atoms with Crippen LogP contribution in [0.15, 0.2) is 48.5 Å². The van der Waals surface area contributed by atoms with Gasteiger partial charge in [-0.2, -0.15) is 0 Å². The van der Waals surface area contributed by atoms with Crippen LogP contribution in [0.3, 0.4) is 0 Å². The summed E-state index contributed by atoms with van der Waals surface area (Å²) in [5, 5.41) is 14.5. The number of carbonyl (C=O) groups is 3. The van der Waals surface area contributed by atoms with E-state index in [0.29, 0.717) is 19.3 Å². The summed E-state index contributed by atoms with van der Waals surface area (Å²) in [6.07, 6.45) is 1.28. The Labute approximate surface area is 180 Å². The Hall–Kier alpha value is -3.35. The van der Waals surface area contributed by atoms with E-state index in [1.165, 1.54) is 11.1 Å². The summed E-state index contributed by atoms with van der Waals surface area (Å²) in [6.45, 7) is 0.391. The highest BCUT2D eigenvalue weighted by Gasteiger charge is 2.31. The molecule has 2 aliphatic rings. The van der Waals surface area contributed by atoms with Crippen LogP contribution in [-0.2, 0) is 14.3 Å². The van der Waals surface area contributed by atoms with Gasteiger partial charge in [0.05, 0.1) is 5.92 Å². The largest absolute Gasteiger partial charge is 0.481 e. The quantitative estimate of drug-likeness (QED) is 0.635. The Balaban J connectivity index is 1.22. The van der Waals surface area contributed by atoms with Crippen molar-refractivity contribution in [1.29, 1.82) is 0 Å². The number of aliphatic carboxylic acids is 1. The van der Waals surface area contributed by atoms with Gasteiger partial charge in [0, 0.05) is 24.9 Å². The maximum atomic E-state index is 12.1. The number of rotatable bonds is 7. The van der Waals surface area contributed by atoms with Gasteiger partial charge in [-0.15, -0.1) is 0 Å². The lowest BCUT2D eigenvalue weighted by atomic mass is 9.98. The molecule has 7 heteroatoms. The summed E-state index contributed by atoms with van der Waals surface area (Å²) in [4.78, 5) is 35.2. The van der Waals surface area contributed by atoms with Crippen molar-refractivity contribution in [3.63, 3.8) is 0 Å². The number of carboxylic acid groups (broad SMARTS) is 1. The van der Waals surface area contributed by atoms with Crippen LogP contribution < -0.4 is 10.6 Å². The van der Waals surface area contributed by atoms with Gasteiger partial charge in [0.15, 0.2) is 0 Å². The zero-order valence-corrected chi connectivity index (χ0v) is 17.2. The number of carboxylic acids is 1. The van der Waals surface area contributed by atoms with Crippen molar-refractivity contribution in [3.05, 3.63) is 59.7 Å². The Morgan fingerprint density at radius 1 is 0.968 bits per heavy atom. The monoisotopic (exact) mass is 422 g/mol. The van der Waals surface area contributed by atoms with Gasteiger partial charge in [0.2, 0.25) is 5.91 Å². The molecule has 0 saturated heterocycles. The zero-order valence-electron chi connectivity index (χ0n) is 17.2. The van der Waals surface area contributed by atoms with Crippen molar-refractivity contribution in [2.75, 3.05) is 13.2 Å². The molecule has 2 atom stereocenters. The lowest BCUT2D eigenvalue weighted by Crippen LogP contribution is -2.36. The molecule has 3 N–H and O–H groups in total. The molecule has 0 aliphatic heterocycles. The van der Waals surface area contributed by atoms with Gasteiger partial charge < -0.3 is 20.5 Å². The summed E-state index contributed by atoms with van der Waals surface area (Å²) in [5.74, 6) is -1.40. The molecular formula is C24H26N2O5. The molecule has 31 heavy (non-hydrogen) atoms. The molecule has 0 heterocycles. The number of benzene rings is 2. The minimum atomic E-state index is -0.811. The summed E-state index contributed by atoms with van der Waals surface area (Å²) in [5.41, 5.74) is 4.63. The lowest BCUT2D eigenvalue weighted by Gasteiger charge is -2.15. The third-order valence-electron chi connectivity index (χ3n) is 6.11. The molecule has 7 nitrogen and oxygen atoms in total. The molecule has 162 valence electrons. The van der Waals surface area contributed by atoms with Crippen LogP contribution >= 0.6 is 0 Å². The Morgan fingerprint density at radius 3 is 2.23 bits per heavy atom. The second-order valence-corrected chi connectivity index (χ2v) is 8.11. The van der Waals surface area contributed by atoms with E-state index >= 15 is 0 Å². The maximum Gasteiger partial charge on any atom is 0.407 e. The number of ether oxygens (including phenoxy) is 1. The van der Waals surface area contributed by atoms with Gasteiger partial charge in [-0.05, 0) is 41.5 Å². The van der Waals surface area contributed by atoms with Crippen LogP contribution in [0.4, 0.5) is 4.79 Å². The van der Waals surface area contributed by atoms with Crippen LogP contribution in [-0.4, -0.2) is 42.3 Å². The molecule has 2 aliphatic carbocycles. The van der Waals surface area contributed by atoms with Gasteiger partial charge >= 0.3 is 12.1 Å². The van der Waals surface area contributed by atoms with Gasteiger partial charge in [-0.25, -0.2) is 4.79 Å². The first kappa shape index (κ1) is 20.9. The first-order valence-corrected chi connectivity index (χ1v) is 10.6. The summed E-state index contributed by atoms with van der Waals surface area (Å²) in [7, 11) is 0. The topological polar surface area (TPSA) is 105 Å². The van der Waals surface area contributed by atoms with Crippen molar-refractivity contribution >= 4 is 18.0 Å². The van der Waals surface area contributed by atoms with Gasteiger partial charge in [-0.3, -0.25) is 9.59 Å². The molecule has 1 saturated carbocycles. The predicted molar refractivity (Wildman–Crippen MR) is 115 cm³/mol. The predicted octanol–water partition coefficient (Wildman–Crippen LogP) is 3.28. The number of hydrogen-bond donors (Lipinski definition) is 3. The zero-order chi connectivity index (χ0) is 21.8.